The van der Waals surface area contributed by atoms with E-state index < -0.39 is 11.5 Å². The summed E-state index contributed by atoms with van der Waals surface area (Å²) < 4.78 is 18.0. The Bertz CT molecular complexity index is 1220. The van der Waals surface area contributed by atoms with E-state index in [2.05, 4.69) is 50.0 Å². The first kappa shape index (κ1) is 22.1. The molecule has 3 aromatic rings. The lowest BCUT2D eigenvalue weighted by Crippen LogP contribution is -2.64. The Kier molecular flexibility index (Phi) is 5.50. The molecule has 0 unspecified atom stereocenters. The minimum absolute atomic E-state index is 0.112. The highest BCUT2D eigenvalue weighted by Crippen LogP contribution is 2.52. The Morgan fingerprint density at radius 1 is 1.24 bits per heavy atom. The normalized spacial score (nSPS) is 15.9. The summed E-state index contributed by atoms with van der Waals surface area (Å²) in [5.41, 5.74) is 1.35. The van der Waals surface area contributed by atoms with E-state index in [9.17, 15) is 4.79 Å². The van der Waals surface area contributed by atoms with Crippen molar-refractivity contribution >= 4 is 38.3 Å². The van der Waals surface area contributed by atoms with Crippen LogP contribution in [0.1, 0.15) is 29.1 Å². The number of hydrogen-bond donors (Lipinski definition) is 1. The molecule has 0 radical (unpaired) electrons. The lowest BCUT2D eigenvalue weighted by atomic mass is 9.86. The minimum Gasteiger partial charge on any atom is -0.480 e. The van der Waals surface area contributed by atoms with Gasteiger partial charge in [0, 0.05) is 29.2 Å². The highest BCUT2D eigenvalue weighted by atomic mass is 79.9. The summed E-state index contributed by atoms with van der Waals surface area (Å²) in [5.74, 6) is 0.576. The lowest BCUT2D eigenvalue weighted by Gasteiger charge is -2.52. The maximum absolute atomic E-state index is 13.1. The Balaban J connectivity index is 1.53. The molecule has 11 heteroatoms. The second-order valence-electron chi connectivity index (χ2n) is 8.15. The van der Waals surface area contributed by atoms with Crippen molar-refractivity contribution in [3.05, 3.63) is 39.4 Å². The van der Waals surface area contributed by atoms with Crippen LogP contribution in [0.2, 0.25) is 0 Å². The maximum atomic E-state index is 13.1. The molecule has 4 heterocycles. The first-order valence-electron chi connectivity index (χ1n) is 10.3. The average molecular weight is 532 g/mol. The van der Waals surface area contributed by atoms with Crippen LogP contribution in [0.4, 0.5) is 5.13 Å². The van der Waals surface area contributed by atoms with Crippen LogP contribution < -0.4 is 19.5 Å². The molecule has 2 aliphatic heterocycles. The van der Waals surface area contributed by atoms with E-state index in [0.29, 0.717) is 11.2 Å². The van der Waals surface area contributed by atoms with Gasteiger partial charge < -0.3 is 14.2 Å². The third-order valence-corrected chi connectivity index (χ3v) is 7.45. The number of carbonyl (C=O) groups excluding carboxylic acids is 1. The number of halogens is 1. The van der Waals surface area contributed by atoms with Gasteiger partial charge in [-0.25, -0.2) is 15.0 Å². The second kappa shape index (κ2) is 8.23. The number of methoxy groups -OCH3 is 2. The zero-order valence-corrected chi connectivity index (χ0v) is 20.9. The van der Waals surface area contributed by atoms with Gasteiger partial charge in [-0.15, -0.1) is 0 Å². The summed E-state index contributed by atoms with van der Waals surface area (Å²) in [7, 11) is 2.88. The fourth-order valence-electron chi connectivity index (χ4n) is 4.10. The van der Waals surface area contributed by atoms with E-state index in [-0.39, 0.29) is 17.3 Å². The second-order valence-corrected chi connectivity index (χ2v) is 10.1. The van der Waals surface area contributed by atoms with Crippen LogP contribution in [-0.4, -0.2) is 59.1 Å². The number of hydrogen-bond acceptors (Lipinski definition) is 9. The van der Waals surface area contributed by atoms with E-state index in [1.165, 1.54) is 31.9 Å². The zero-order valence-electron chi connectivity index (χ0n) is 18.5. The standard InChI is InChI=1S/C22H22BrN5O4S/c1-11(2)28-8-22(9-28)17-16(13-6-5-12(23)7-14(13)32-22)26-21(33-17)27-18(29)15-19(30-3)24-10-25-20(15)31-4/h5-7,10-11H,8-9H2,1-4H3,(H,26,27,29). The van der Waals surface area contributed by atoms with Crippen LogP contribution in [0.3, 0.4) is 0 Å². The Morgan fingerprint density at radius 2 is 1.94 bits per heavy atom. The van der Waals surface area contributed by atoms with Crippen LogP contribution in [0.15, 0.2) is 29.0 Å². The van der Waals surface area contributed by atoms with Crippen molar-refractivity contribution in [1.82, 2.24) is 19.9 Å². The van der Waals surface area contributed by atoms with Crippen LogP contribution in [0.25, 0.3) is 11.3 Å². The van der Waals surface area contributed by atoms with Crippen molar-refractivity contribution < 1.29 is 19.0 Å². The third-order valence-electron chi connectivity index (χ3n) is 5.80. The van der Waals surface area contributed by atoms with Crippen molar-refractivity contribution in [2.75, 3.05) is 32.6 Å². The summed E-state index contributed by atoms with van der Waals surface area (Å²) in [4.78, 5) is 29.3. The van der Waals surface area contributed by atoms with Crippen LogP contribution in [0, 0.1) is 0 Å². The summed E-state index contributed by atoms with van der Waals surface area (Å²) in [6.07, 6.45) is 1.28. The highest BCUT2D eigenvalue weighted by molar-refractivity contribution is 9.10. The number of benzene rings is 1. The number of likely N-dealkylation sites (tertiary alicyclic amines) is 1. The molecule has 1 aromatic carbocycles. The predicted octanol–water partition coefficient (Wildman–Crippen LogP) is 3.94. The molecule has 1 amide bonds. The molecule has 33 heavy (non-hydrogen) atoms. The summed E-state index contributed by atoms with van der Waals surface area (Å²) in [5, 5.41) is 3.34. The number of ether oxygens (including phenoxy) is 3. The van der Waals surface area contributed by atoms with Gasteiger partial charge in [0.05, 0.1) is 24.8 Å². The quantitative estimate of drug-likeness (QED) is 0.528. The number of anilines is 1. The molecule has 0 saturated carbocycles. The Morgan fingerprint density at radius 3 is 2.58 bits per heavy atom. The molecule has 1 fully saturated rings. The fraction of sp³-hybridized carbons (Fsp3) is 0.364. The van der Waals surface area contributed by atoms with Gasteiger partial charge in [0.2, 0.25) is 11.8 Å². The van der Waals surface area contributed by atoms with Gasteiger partial charge in [-0.1, -0.05) is 27.3 Å². The van der Waals surface area contributed by atoms with Gasteiger partial charge in [-0.3, -0.25) is 15.0 Å². The lowest BCUT2D eigenvalue weighted by molar-refractivity contribution is -0.0956. The molecule has 2 aromatic heterocycles. The summed E-state index contributed by atoms with van der Waals surface area (Å²) in [6, 6.07) is 6.32. The van der Waals surface area contributed by atoms with Crippen LogP contribution in [0.5, 0.6) is 17.5 Å². The van der Waals surface area contributed by atoms with Gasteiger partial charge >= 0.3 is 0 Å². The van der Waals surface area contributed by atoms with Crippen molar-refractivity contribution in [3.63, 3.8) is 0 Å². The Hall–Kier alpha value is -2.76. The molecule has 1 saturated heterocycles. The largest absolute Gasteiger partial charge is 0.480 e. The SMILES string of the molecule is COc1ncnc(OC)c1C(=O)Nc1nc2c(s1)C1(CN(C(C)C)C1)Oc1cc(Br)ccc1-2. The van der Waals surface area contributed by atoms with Gasteiger partial charge in [-0.2, -0.15) is 0 Å². The van der Waals surface area contributed by atoms with E-state index in [4.69, 9.17) is 19.2 Å². The summed E-state index contributed by atoms with van der Waals surface area (Å²) >= 11 is 4.95. The Labute approximate surface area is 203 Å². The maximum Gasteiger partial charge on any atom is 0.268 e. The smallest absolute Gasteiger partial charge is 0.268 e. The molecule has 2 aliphatic rings. The predicted molar refractivity (Wildman–Crippen MR) is 127 cm³/mol. The van der Waals surface area contributed by atoms with E-state index in [1.54, 1.807) is 0 Å². The number of thiazole rings is 1. The number of rotatable bonds is 5. The number of carbonyl (C=O) groups is 1. The number of nitrogens with one attached hydrogen (secondary N) is 1. The molecule has 0 atom stereocenters. The van der Waals surface area contributed by atoms with Crippen molar-refractivity contribution in [1.29, 1.82) is 0 Å². The number of nitrogens with zero attached hydrogens (tertiary/aromatic N) is 4. The summed E-state index contributed by atoms with van der Waals surface area (Å²) in [6.45, 7) is 5.85. The van der Waals surface area contributed by atoms with Gasteiger partial charge in [0.1, 0.15) is 12.1 Å². The first-order chi connectivity index (χ1) is 15.8. The van der Waals surface area contributed by atoms with Crippen molar-refractivity contribution in [2.24, 2.45) is 0 Å². The molecule has 1 spiro atoms. The first-order valence-corrected chi connectivity index (χ1v) is 11.9. The molecule has 0 bridgehead atoms. The molecular formula is C22H22BrN5O4S. The molecule has 172 valence electrons. The van der Waals surface area contributed by atoms with Gasteiger partial charge in [0.25, 0.3) is 5.91 Å². The molecule has 1 N–H and O–H groups in total. The number of aromatic nitrogens is 3. The van der Waals surface area contributed by atoms with Crippen molar-refractivity contribution in [3.8, 4) is 28.8 Å². The molecule has 0 aliphatic carbocycles. The van der Waals surface area contributed by atoms with E-state index >= 15 is 0 Å². The minimum atomic E-state index is -0.487. The molecule has 9 nitrogen and oxygen atoms in total. The van der Waals surface area contributed by atoms with Crippen LogP contribution >= 0.6 is 27.3 Å². The van der Waals surface area contributed by atoms with Crippen LogP contribution in [-0.2, 0) is 5.60 Å². The monoisotopic (exact) mass is 531 g/mol. The third kappa shape index (κ3) is 3.64. The average Bonchev–Trinajstić information content (AvgIpc) is 3.19. The van der Waals surface area contributed by atoms with E-state index in [0.717, 1.165) is 39.4 Å². The van der Waals surface area contributed by atoms with Gasteiger partial charge in [-0.05, 0) is 32.0 Å². The molecular weight excluding hydrogens is 510 g/mol. The number of fused-ring (bicyclic) bond motifs is 4. The topological polar surface area (TPSA) is 98.7 Å². The highest BCUT2D eigenvalue weighted by Gasteiger charge is 2.53. The van der Waals surface area contributed by atoms with Gasteiger partial charge in [0.15, 0.2) is 16.3 Å². The molecule has 5 rings (SSSR count). The number of amides is 1. The zero-order chi connectivity index (χ0) is 23.3. The van der Waals surface area contributed by atoms with Crippen molar-refractivity contribution in [2.45, 2.75) is 25.5 Å². The fourth-order valence-corrected chi connectivity index (χ4v) is 5.52. The van der Waals surface area contributed by atoms with E-state index in [1.807, 2.05) is 18.2 Å².